The van der Waals surface area contributed by atoms with Crippen molar-refractivity contribution in [2.45, 2.75) is 11.8 Å². The lowest BCUT2D eigenvalue weighted by Crippen LogP contribution is -2.30. The summed E-state index contributed by atoms with van der Waals surface area (Å²) >= 11 is 0. The number of hydrogen-bond donors (Lipinski definition) is 1. The third-order valence-corrected chi connectivity index (χ3v) is 5.02. The van der Waals surface area contributed by atoms with Crippen LogP contribution >= 0.6 is 0 Å². The van der Waals surface area contributed by atoms with Crippen LogP contribution in [0, 0.1) is 12.7 Å². The highest BCUT2D eigenvalue weighted by Crippen LogP contribution is 2.15. The topological polar surface area (TPSA) is 94.0 Å². The van der Waals surface area contributed by atoms with Crippen LogP contribution in [0.2, 0.25) is 0 Å². The summed E-state index contributed by atoms with van der Waals surface area (Å²) < 4.78 is 40.2. The van der Waals surface area contributed by atoms with Crippen LogP contribution in [0.3, 0.4) is 0 Å². The Hall–Kier alpha value is -2.91. The Labute approximate surface area is 149 Å². The van der Waals surface area contributed by atoms with Gasteiger partial charge in [-0.15, -0.1) is 0 Å². The number of aromatic nitrogens is 3. The quantitative estimate of drug-likeness (QED) is 0.665. The predicted molar refractivity (Wildman–Crippen MR) is 92.0 cm³/mol. The maximum atomic E-state index is 13.7. The van der Waals surface area contributed by atoms with Crippen LogP contribution in [0.5, 0.6) is 0 Å². The number of ketones is 1. The lowest BCUT2D eigenvalue weighted by atomic mass is 10.1. The smallest absolute Gasteiger partial charge is 0.243 e. The molecule has 0 atom stereocenters. The number of sulfonamides is 1. The van der Waals surface area contributed by atoms with E-state index >= 15 is 0 Å². The van der Waals surface area contributed by atoms with Crippen molar-refractivity contribution in [3.05, 3.63) is 71.8 Å². The normalized spacial score (nSPS) is 11.5. The van der Waals surface area contributed by atoms with Crippen molar-refractivity contribution in [3.63, 3.8) is 0 Å². The van der Waals surface area contributed by atoms with Crippen LogP contribution in [0.15, 0.2) is 59.8 Å². The average molecular weight is 374 g/mol. The molecule has 1 N–H and O–H groups in total. The number of hydrogen-bond acceptors (Lipinski definition) is 5. The van der Waals surface area contributed by atoms with Crippen LogP contribution < -0.4 is 4.72 Å². The summed E-state index contributed by atoms with van der Waals surface area (Å²) in [6.07, 6.45) is 3.01. The molecule has 0 aliphatic rings. The Morgan fingerprint density at radius 1 is 1.15 bits per heavy atom. The highest BCUT2D eigenvalue weighted by molar-refractivity contribution is 7.89. The summed E-state index contributed by atoms with van der Waals surface area (Å²) in [4.78, 5) is 13.3. The average Bonchev–Trinajstić information content (AvgIpc) is 3.14. The lowest BCUT2D eigenvalue weighted by Gasteiger charge is -2.09. The van der Waals surface area contributed by atoms with Gasteiger partial charge >= 0.3 is 0 Å². The Morgan fingerprint density at radius 2 is 1.85 bits per heavy atom. The van der Waals surface area contributed by atoms with E-state index in [1.165, 1.54) is 29.3 Å². The third-order valence-electron chi connectivity index (χ3n) is 3.58. The molecule has 0 radical (unpaired) electrons. The second-order valence-corrected chi connectivity index (χ2v) is 7.29. The molecule has 0 saturated carbocycles. The molecule has 0 aliphatic carbocycles. The molecule has 3 aromatic rings. The second-order valence-electron chi connectivity index (χ2n) is 5.55. The number of benzene rings is 2. The summed E-state index contributed by atoms with van der Waals surface area (Å²) in [5.41, 5.74) is 1.67. The molecule has 26 heavy (non-hydrogen) atoms. The van der Waals surface area contributed by atoms with Gasteiger partial charge in [0.05, 0.1) is 24.6 Å². The summed E-state index contributed by atoms with van der Waals surface area (Å²) in [7, 11) is -4.13. The molecule has 0 amide bonds. The van der Waals surface area contributed by atoms with Crippen molar-refractivity contribution in [2.75, 3.05) is 6.54 Å². The minimum atomic E-state index is -4.13. The molecule has 1 heterocycles. The van der Waals surface area contributed by atoms with E-state index in [1.54, 1.807) is 25.1 Å². The number of aryl methyl sites for hydroxylation is 1. The van der Waals surface area contributed by atoms with Gasteiger partial charge in [-0.25, -0.2) is 17.5 Å². The van der Waals surface area contributed by atoms with Gasteiger partial charge in [-0.3, -0.25) is 4.79 Å². The van der Waals surface area contributed by atoms with Crippen molar-refractivity contribution < 1.29 is 17.6 Å². The summed E-state index contributed by atoms with van der Waals surface area (Å²) in [6, 6.07) is 9.96. The molecule has 3 rings (SSSR count). The molecule has 0 saturated heterocycles. The van der Waals surface area contributed by atoms with Crippen LogP contribution in [0.1, 0.15) is 15.9 Å². The van der Waals surface area contributed by atoms with Crippen molar-refractivity contribution in [2.24, 2.45) is 0 Å². The first-order chi connectivity index (χ1) is 12.4. The number of Topliss-reactive ketones (excluding diaryl/α,β-unsaturated/α-hetero) is 1. The zero-order chi connectivity index (χ0) is 18.7. The van der Waals surface area contributed by atoms with Gasteiger partial charge in [0.25, 0.3) is 0 Å². The number of halogens is 1. The van der Waals surface area contributed by atoms with Gasteiger partial charge in [0, 0.05) is 5.56 Å². The largest absolute Gasteiger partial charge is 0.293 e. The summed E-state index contributed by atoms with van der Waals surface area (Å²) in [5.74, 6) is -1.34. The van der Waals surface area contributed by atoms with E-state index in [-0.39, 0.29) is 0 Å². The first-order valence-corrected chi connectivity index (χ1v) is 9.11. The van der Waals surface area contributed by atoms with E-state index in [4.69, 9.17) is 0 Å². The van der Waals surface area contributed by atoms with Gasteiger partial charge in [-0.1, -0.05) is 12.1 Å². The minimum Gasteiger partial charge on any atom is -0.293 e. The number of carbonyl (C=O) groups excluding carboxylic acids is 1. The highest BCUT2D eigenvalue weighted by Gasteiger charge is 2.20. The minimum absolute atomic E-state index is 0.300. The molecule has 0 spiro atoms. The van der Waals surface area contributed by atoms with Crippen molar-refractivity contribution in [1.29, 1.82) is 0 Å². The monoisotopic (exact) mass is 374 g/mol. The molecule has 0 aliphatic heterocycles. The maximum absolute atomic E-state index is 13.7. The molecule has 0 fully saturated rings. The Bertz CT molecular complexity index is 1050. The molecule has 0 bridgehead atoms. The number of nitrogens with zero attached hydrogens (tertiary/aromatic N) is 3. The molecule has 134 valence electrons. The van der Waals surface area contributed by atoms with E-state index in [0.29, 0.717) is 11.3 Å². The van der Waals surface area contributed by atoms with Crippen LogP contribution in [0.25, 0.3) is 5.69 Å². The van der Waals surface area contributed by atoms with Gasteiger partial charge in [0.1, 0.15) is 10.7 Å². The number of nitrogens with one attached hydrogen (secondary N) is 1. The SMILES string of the molecule is Cc1cc(C(=O)CNS(=O)(=O)c2ccccc2F)cc(-n2nccn2)c1. The van der Waals surface area contributed by atoms with Crippen LogP contribution in [0.4, 0.5) is 4.39 Å². The van der Waals surface area contributed by atoms with Gasteiger partial charge in [0.2, 0.25) is 10.0 Å². The first-order valence-electron chi connectivity index (χ1n) is 7.62. The molecular weight excluding hydrogens is 359 g/mol. The first kappa shape index (κ1) is 17.9. The number of rotatable bonds is 6. The highest BCUT2D eigenvalue weighted by atomic mass is 32.2. The molecule has 9 heteroatoms. The van der Waals surface area contributed by atoms with E-state index in [0.717, 1.165) is 17.7 Å². The van der Waals surface area contributed by atoms with Gasteiger partial charge in [-0.05, 0) is 42.8 Å². The van der Waals surface area contributed by atoms with Gasteiger partial charge < -0.3 is 0 Å². The number of carbonyl (C=O) groups is 1. The third kappa shape index (κ3) is 3.84. The molecule has 0 unspecified atom stereocenters. The zero-order valence-corrected chi connectivity index (χ0v) is 14.6. The predicted octanol–water partition coefficient (Wildman–Crippen LogP) is 1.88. The van der Waals surface area contributed by atoms with Gasteiger partial charge in [-0.2, -0.15) is 15.0 Å². The molecular formula is C17H15FN4O3S. The van der Waals surface area contributed by atoms with E-state index in [1.807, 2.05) is 0 Å². The summed E-state index contributed by atoms with van der Waals surface area (Å²) in [5, 5.41) is 8.01. The molecule has 2 aromatic carbocycles. The zero-order valence-electron chi connectivity index (χ0n) is 13.8. The standard InChI is InChI=1S/C17H15FN4O3S/c1-12-8-13(10-14(9-12)22-19-6-7-20-22)16(23)11-21-26(24,25)17-5-3-2-4-15(17)18/h2-10,21H,11H2,1H3. The maximum Gasteiger partial charge on any atom is 0.243 e. The van der Waals surface area contributed by atoms with Crippen molar-refractivity contribution >= 4 is 15.8 Å². The fourth-order valence-corrected chi connectivity index (χ4v) is 3.45. The summed E-state index contributed by atoms with van der Waals surface area (Å²) in [6.45, 7) is 1.30. The Balaban J connectivity index is 1.80. The Morgan fingerprint density at radius 3 is 2.54 bits per heavy atom. The van der Waals surface area contributed by atoms with Crippen LogP contribution in [-0.2, 0) is 10.0 Å². The second kappa shape index (κ2) is 7.14. The van der Waals surface area contributed by atoms with Gasteiger partial charge in [0.15, 0.2) is 5.78 Å². The van der Waals surface area contributed by atoms with E-state index < -0.39 is 33.1 Å². The molecule has 7 nitrogen and oxygen atoms in total. The van der Waals surface area contributed by atoms with Crippen molar-refractivity contribution in [3.8, 4) is 5.69 Å². The fraction of sp³-hybridized carbons (Fsp3) is 0.118. The van der Waals surface area contributed by atoms with Crippen molar-refractivity contribution in [1.82, 2.24) is 19.7 Å². The van der Waals surface area contributed by atoms with E-state index in [9.17, 15) is 17.6 Å². The molecule has 1 aromatic heterocycles. The lowest BCUT2D eigenvalue weighted by molar-refractivity contribution is 0.0997. The van der Waals surface area contributed by atoms with E-state index in [2.05, 4.69) is 14.9 Å². The Kier molecular flexibility index (Phi) is 4.92. The fourth-order valence-electron chi connectivity index (χ4n) is 2.39. The van der Waals surface area contributed by atoms with Crippen LogP contribution in [-0.4, -0.2) is 35.7 Å².